The maximum absolute atomic E-state index is 12.7. The Labute approximate surface area is 146 Å². The van der Waals surface area contributed by atoms with Crippen LogP contribution in [0.4, 0.5) is 10.5 Å². The zero-order chi connectivity index (χ0) is 17.1. The zero-order valence-electron chi connectivity index (χ0n) is 13.7. The number of hydrogen-bond acceptors (Lipinski definition) is 4. The Hall–Kier alpha value is -1.79. The first-order valence-corrected chi connectivity index (χ1v) is 8.71. The predicted molar refractivity (Wildman–Crippen MR) is 92.5 cm³/mol. The highest BCUT2D eigenvalue weighted by Gasteiger charge is 2.35. The molecule has 2 amide bonds. The molecule has 2 N–H and O–H groups in total. The van der Waals surface area contributed by atoms with Crippen LogP contribution in [0.3, 0.4) is 0 Å². The molecule has 3 heterocycles. The van der Waals surface area contributed by atoms with Gasteiger partial charge in [0.15, 0.2) is 0 Å². The van der Waals surface area contributed by atoms with Crippen molar-refractivity contribution < 1.29 is 14.3 Å². The summed E-state index contributed by atoms with van der Waals surface area (Å²) in [4.78, 5) is 26.8. The summed E-state index contributed by atoms with van der Waals surface area (Å²) >= 11 is 6.03. The van der Waals surface area contributed by atoms with E-state index in [2.05, 4.69) is 15.5 Å². The van der Waals surface area contributed by atoms with Gasteiger partial charge in [-0.05, 0) is 57.0 Å². The second-order valence-electron chi connectivity index (χ2n) is 6.25. The topological polar surface area (TPSA) is 70.7 Å². The molecule has 0 radical (unpaired) electrons. The molecule has 0 aromatic heterocycles. The normalized spacial score (nSPS) is 25.2. The smallest absolute Gasteiger partial charge is 0.411 e. The maximum Gasteiger partial charge on any atom is 0.411 e. The number of piperidine rings is 3. The lowest BCUT2D eigenvalue weighted by molar-refractivity contribution is 0.0621. The fourth-order valence-corrected chi connectivity index (χ4v) is 3.64. The van der Waals surface area contributed by atoms with E-state index >= 15 is 0 Å². The lowest BCUT2D eigenvalue weighted by atomic mass is 9.84. The molecule has 1 aromatic rings. The first-order valence-electron chi connectivity index (χ1n) is 8.33. The van der Waals surface area contributed by atoms with Gasteiger partial charge in [0.1, 0.15) is 0 Å². The van der Waals surface area contributed by atoms with Crippen LogP contribution in [0.1, 0.15) is 30.1 Å². The third kappa shape index (κ3) is 3.82. The van der Waals surface area contributed by atoms with Crippen molar-refractivity contribution in [3.05, 3.63) is 28.8 Å². The van der Waals surface area contributed by atoms with Gasteiger partial charge < -0.3 is 15.0 Å². The van der Waals surface area contributed by atoms with E-state index in [1.165, 1.54) is 0 Å². The second-order valence-corrected chi connectivity index (χ2v) is 6.69. The average Bonchev–Trinajstić information content (AvgIpc) is 2.57. The van der Waals surface area contributed by atoms with Crippen LogP contribution in [0.5, 0.6) is 0 Å². The number of carbonyl (C=O) groups is 2. The van der Waals surface area contributed by atoms with Gasteiger partial charge in [0.25, 0.3) is 5.91 Å². The van der Waals surface area contributed by atoms with Gasteiger partial charge >= 0.3 is 6.09 Å². The van der Waals surface area contributed by atoms with Gasteiger partial charge in [0.2, 0.25) is 0 Å². The molecule has 7 heteroatoms. The number of nitrogens with one attached hydrogen (secondary N) is 2. The summed E-state index contributed by atoms with van der Waals surface area (Å²) in [5, 5.41) is 6.16. The number of amides is 2. The van der Waals surface area contributed by atoms with Crippen LogP contribution in [0.15, 0.2) is 18.2 Å². The van der Waals surface area contributed by atoms with Gasteiger partial charge in [-0.1, -0.05) is 11.6 Å². The lowest BCUT2D eigenvalue weighted by Crippen LogP contribution is -2.57. The summed E-state index contributed by atoms with van der Waals surface area (Å²) in [6.45, 7) is 5.11. The molecule has 24 heavy (non-hydrogen) atoms. The number of anilines is 1. The number of hydrogen-bond donors (Lipinski definition) is 2. The summed E-state index contributed by atoms with van der Waals surface area (Å²) in [7, 11) is 0. The molecule has 3 aliphatic rings. The summed E-state index contributed by atoms with van der Waals surface area (Å²) < 4.78 is 4.88. The number of rotatable bonds is 4. The number of fused-ring (bicyclic) bond motifs is 3. The van der Waals surface area contributed by atoms with E-state index < -0.39 is 6.09 Å². The van der Waals surface area contributed by atoms with E-state index in [-0.39, 0.29) is 18.6 Å². The fraction of sp³-hybridized carbons (Fsp3) is 0.529. The van der Waals surface area contributed by atoms with Crippen LogP contribution in [0.25, 0.3) is 0 Å². The molecule has 0 aliphatic carbocycles. The van der Waals surface area contributed by atoms with Crippen LogP contribution < -0.4 is 10.6 Å². The minimum Gasteiger partial charge on any atom is -0.450 e. The van der Waals surface area contributed by atoms with Gasteiger partial charge in [-0.3, -0.25) is 10.1 Å². The highest BCUT2D eigenvalue weighted by atomic mass is 35.5. The lowest BCUT2D eigenvalue weighted by Gasteiger charge is -2.45. The van der Waals surface area contributed by atoms with Crippen molar-refractivity contribution in [2.24, 2.45) is 5.92 Å². The molecule has 1 unspecified atom stereocenters. The first-order chi connectivity index (χ1) is 11.6. The van der Waals surface area contributed by atoms with Crippen molar-refractivity contribution in [1.82, 2.24) is 10.2 Å². The number of nitrogens with zero attached hydrogens (tertiary/aromatic N) is 1. The van der Waals surface area contributed by atoms with Gasteiger partial charge in [0.05, 0.1) is 17.9 Å². The number of ether oxygens (including phenoxy) is 1. The zero-order valence-corrected chi connectivity index (χ0v) is 14.4. The maximum atomic E-state index is 12.7. The summed E-state index contributed by atoms with van der Waals surface area (Å²) in [5.74, 6) is 0.308. The third-order valence-corrected chi connectivity index (χ3v) is 4.95. The Morgan fingerprint density at radius 2 is 2.08 bits per heavy atom. The molecule has 6 nitrogen and oxygen atoms in total. The number of halogens is 1. The average molecular weight is 352 g/mol. The minimum atomic E-state index is -0.586. The van der Waals surface area contributed by atoms with Crippen LogP contribution in [0.2, 0.25) is 5.02 Å². The largest absolute Gasteiger partial charge is 0.450 e. The molecular formula is C17H22ClN3O3. The quantitative estimate of drug-likeness (QED) is 0.875. The molecule has 3 fully saturated rings. The highest BCUT2D eigenvalue weighted by molar-refractivity contribution is 6.31. The third-order valence-electron chi connectivity index (χ3n) is 4.71. The van der Waals surface area contributed by atoms with E-state index in [1.54, 1.807) is 25.1 Å². The molecule has 1 aromatic carbocycles. The highest BCUT2D eigenvalue weighted by Crippen LogP contribution is 2.28. The van der Waals surface area contributed by atoms with E-state index in [0.717, 1.165) is 32.5 Å². The van der Waals surface area contributed by atoms with Crippen LogP contribution in [0, 0.1) is 5.92 Å². The van der Waals surface area contributed by atoms with Crippen LogP contribution in [-0.4, -0.2) is 49.2 Å². The molecule has 2 bridgehead atoms. The molecule has 1 atom stereocenters. The van der Waals surface area contributed by atoms with E-state index in [0.29, 0.717) is 22.2 Å². The molecule has 0 saturated carbocycles. The molecule has 130 valence electrons. The van der Waals surface area contributed by atoms with Crippen LogP contribution >= 0.6 is 11.6 Å². The molecule has 3 aliphatic heterocycles. The Morgan fingerprint density at radius 1 is 1.33 bits per heavy atom. The van der Waals surface area contributed by atoms with Gasteiger partial charge in [-0.15, -0.1) is 0 Å². The van der Waals surface area contributed by atoms with Gasteiger partial charge in [-0.25, -0.2) is 4.79 Å². The van der Waals surface area contributed by atoms with Gasteiger partial charge in [0, 0.05) is 17.6 Å². The SMILES string of the molecule is CCOC(=O)Nc1ccc(Cl)cc1C(=O)NC1CN2CCC1CC2. The summed E-state index contributed by atoms with van der Waals surface area (Å²) in [5.41, 5.74) is 0.753. The van der Waals surface area contributed by atoms with E-state index in [9.17, 15) is 9.59 Å². The molecule has 0 spiro atoms. The molecule has 3 saturated heterocycles. The Morgan fingerprint density at radius 3 is 2.71 bits per heavy atom. The van der Waals surface area contributed by atoms with Crippen molar-refractivity contribution >= 4 is 29.3 Å². The summed E-state index contributed by atoms with van der Waals surface area (Å²) in [6, 6.07) is 4.97. The van der Waals surface area contributed by atoms with Crippen molar-refractivity contribution in [3.8, 4) is 0 Å². The predicted octanol–water partition coefficient (Wildman–Crippen LogP) is 2.73. The van der Waals surface area contributed by atoms with Crippen molar-refractivity contribution in [1.29, 1.82) is 0 Å². The van der Waals surface area contributed by atoms with Crippen molar-refractivity contribution in [3.63, 3.8) is 0 Å². The molecule has 4 rings (SSSR count). The Kier molecular flexibility index (Phi) is 5.26. The summed E-state index contributed by atoms with van der Waals surface area (Å²) in [6.07, 6.45) is 1.65. The number of carbonyl (C=O) groups excluding carboxylic acids is 2. The molecular weight excluding hydrogens is 330 g/mol. The monoisotopic (exact) mass is 351 g/mol. The second kappa shape index (κ2) is 7.40. The van der Waals surface area contributed by atoms with E-state index in [4.69, 9.17) is 16.3 Å². The van der Waals surface area contributed by atoms with Crippen molar-refractivity contribution in [2.75, 3.05) is 31.6 Å². The fourth-order valence-electron chi connectivity index (χ4n) is 3.47. The number of benzene rings is 1. The standard InChI is InChI=1S/C17H22ClN3O3/c1-2-24-17(23)20-14-4-3-12(18)9-13(14)16(22)19-15-10-21-7-5-11(15)6-8-21/h3-4,9,11,15H,2,5-8,10H2,1H3,(H,19,22)(H,20,23). The van der Waals surface area contributed by atoms with Gasteiger partial charge in [-0.2, -0.15) is 0 Å². The van der Waals surface area contributed by atoms with Crippen LogP contribution in [-0.2, 0) is 4.74 Å². The minimum absolute atomic E-state index is 0.148. The Bertz CT molecular complexity index is 630. The Balaban J connectivity index is 1.73. The first kappa shape index (κ1) is 17.0. The van der Waals surface area contributed by atoms with E-state index in [1.807, 2.05) is 0 Å². The van der Waals surface area contributed by atoms with Crippen molar-refractivity contribution in [2.45, 2.75) is 25.8 Å².